The Hall–Kier alpha value is -0.860. The minimum absolute atomic E-state index is 0.103. The van der Waals surface area contributed by atoms with E-state index in [2.05, 4.69) is 43.0 Å². The van der Waals surface area contributed by atoms with Gasteiger partial charge >= 0.3 is 0 Å². The first-order valence-corrected chi connectivity index (χ1v) is 5.74. The van der Waals surface area contributed by atoms with E-state index in [1.54, 1.807) is 0 Å². The summed E-state index contributed by atoms with van der Waals surface area (Å²) in [5.41, 5.74) is 1.24. The summed E-state index contributed by atoms with van der Waals surface area (Å²) in [6.45, 7) is 9.14. The van der Waals surface area contributed by atoms with E-state index in [4.69, 9.17) is 4.74 Å². The van der Waals surface area contributed by atoms with E-state index in [0.717, 1.165) is 19.7 Å². The van der Waals surface area contributed by atoms with Crippen LogP contribution in [0.25, 0.3) is 0 Å². The molecule has 1 atom stereocenters. The SMILES string of the molecule is CCOC(c1ccccc1)N(CC)CC. The van der Waals surface area contributed by atoms with Crippen LogP contribution >= 0.6 is 0 Å². The second kappa shape index (κ2) is 6.59. The fourth-order valence-electron chi connectivity index (χ4n) is 1.74. The van der Waals surface area contributed by atoms with Crippen LogP contribution < -0.4 is 0 Å². The van der Waals surface area contributed by atoms with E-state index in [1.165, 1.54) is 5.56 Å². The van der Waals surface area contributed by atoms with Gasteiger partial charge in [0.2, 0.25) is 0 Å². The average Bonchev–Trinajstić information content (AvgIpc) is 2.30. The van der Waals surface area contributed by atoms with Crippen molar-refractivity contribution in [2.45, 2.75) is 27.0 Å². The number of nitrogens with zero attached hydrogens (tertiary/aromatic N) is 1. The third kappa shape index (κ3) is 3.33. The summed E-state index contributed by atoms with van der Waals surface area (Å²) in [5.74, 6) is 0. The van der Waals surface area contributed by atoms with Gasteiger partial charge in [0.05, 0.1) is 0 Å². The molecule has 0 aliphatic heterocycles. The molecule has 0 amide bonds. The zero-order valence-corrected chi connectivity index (χ0v) is 9.94. The van der Waals surface area contributed by atoms with Crippen LogP contribution in [0.5, 0.6) is 0 Å². The van der Waals surface area contributed by atoms with Crippen LogP contribution in [0.1, 0.15) is 32.6 Å². The first-order chi connectivity index (χ1) is 7.33. The zero-order chi connectivity index (χ0) is 11.1. The van der Waals surface area contributed by atoms with Gasteiger partial charge in [-0.05, 0) is 25.6 Å². The molecule has 15 heavy (non-hydrogen) atoms. The van der Waals surface area contributed by atoms with E-state index in [1.807, 2.05) is 13.0 Å². The van der Waals surface area contributed by atoms with E-state index >= 15 is 0 Å². The fraction of sp³-hybridized carbons (Fsp3) is 0.538. The quantitative estimate of drug-likeness (QED) is 0.665. The predicted octanol–water partition coefficient (Wildman–Crippen LogP) is 3.06. The van der Waals surface area contributed by atoms with Crippen LogP contribution in [0.15, 0.2) is 30.3 Å². The summed E-state index contributed by atoms with van der Waals surface area (Å²) in [7, 11) is 0. The Morgan fingerprint density at radius 2 is 1.67 bits per heavy atom. The number of hydrogen-bond acceptors (Lipinski definition) is 2. The maximum atomic E-state index is 5.80. The zero-order valence-electron chi connectivity index (χ0n) is 9.94. The molecule has 84 valence electrons. The molecule has 1 unspecified atom stereocenters. The Morgan fingerprint density at radius 3 is 2.13 bits per heavy atom. The molecule has 1 aromatic carbocycles. The Bertz CT molecular complexity index is 256. The van der Waals surface area contributed by atoms with Gasteiger partial charge in [-0.15, -0.1) is 0 Å². The first-order valence-electron chi connectivity index (χ1n) is 5.74. The van der Waals surface area contributed by atoms with Gasteiger partial charge in [0.25, 0.3) is 0 Å². The molecule has 0 aromatic heterocycles. The average molecular weight is 207 g/mol. The predicted molar refractivity (Wildman–Crippen MR) is 63.7 cm³/mol. The molecule has 0 saturated carbocycles. The molecule has 2 heteroatoms. The van der Waals surface area contributed by atoms with Crippen molar-refractivity contribution in [2.75, 3.05) is 19.7 Å². The Kier molecular flexibility index (Phi) is 5.37. The summed E-state index contributed by atoms with van der Waals surface area (Å²) < 4.78 is 5.80. The van der Waals surface area contributed by atoms with Crippen LogP contribution in [0.3, 0.4) is 0 Å². The summed E-state index contributed by atoms with van der Waals surface area (Å²) in [6.07, 6.45) is 0.103. The van der Waals surface area contributed by atoms with Crippen LogP contribution in [0.2, 0.25) is 0 Å². The van der Waals surface area contributed by atoms with E-state index in [0.29, 0.717) is 0 Å². The molecule has 0 saturated heterocycles. The summed E-state index contributed by atoms with van der Waals surface area (Å²) in [5, 5.41) is 0. The molecule has 0 radical (unpaired) electrons. The Labute approximate surface area is 92.9 Å². The normalized spacial score (nSPS) is 13.1. The van der Waals surface area contributed by atoms with Crippen molar-refractivity contribution >= 4 is 0 Å². The van der Waals surface area contributed by atoms with Gasteiger partial charge in [0.1, 0.15) is 6.23 Å². The minimum atomic E-state index is 0.103. The van der Waals surface area contributed by atoms with Crippen molar-refractivity contribution in [3.05, 3.63) is 35.9 Å². The van der Waals surface area contributed by atoms with Gasteiger partial charge in [-0.2, -0.15) is 0 Å². The molecule has 2 nitrogen and oxygen atoms in total. The maximum Gasteiger partial charge on any atom is 0.136 e. The van der Waals surface area contributed by atoms with Crippen molar-refractivity contribution in [3.63, 3.8) is 0 Å². The lowest BCUT2D eigenvalue weighted by Crippen LogP contribution is -2.30. The molecule has 0 bridgehead atoms. The largest absolute Gasteiger partial charge is 0.359 e. The number of hydrogen-bond donors (Lipinski definition) is 0. The number of ether oxygens (including phenoxy) is 1. The highest BCUT2D eigenvalue weighted by atomic mass is 16.5. The fourth-order valence-corrected chi connectivity index (χ4v) is 1.74. The Balaban J connectivity index is 2.81. The Morgan fingerprint density at radius 1 is 1.07 bits per heavy atom. The van der Waals surface area contributed by atoms with Gasteiger partial charge < -0.3 is 4.74 Å². The van der Waals surface area contributed by atoms with Gasteiger partial charge in [-0.3, -0.25) is 4.90 Å². The molecular formula is C13H21NO. The third-order valence-corrected chi connectivity index (χ3v) is 2.55. The highest BCUT2D eigenvalue weighted by molar-refractivity contribution is 5.17. The summed E-state index contributed by atoms with van der Waals surface area (Å²) in [4.78, 5) is 2.32. The molecule has 1 rings (SSSR count). The van der Waals surface area contributed by atoms with Crippen molar-refractivity contribution in [1.29, 1.82) is 0 Å². The highest BCUT2D eigenvalue weighted by Gasteiger charge is 2.16. The highest BCUT2D eigenvalue weighted by Crippen LogP contribution is 2.21. The summed E-state index contributed by atoms with van der Waals surface area (Å²) >= 11 is 0. The lowest BCUT2D eigenvalue weighted by atomic mass is 10.2. The lowest BCUT2D eigenvalue weighted by Gasteiger charge is -2.29. The number of benzene rings is 1. The molecule has 0 aliphatic carbocycles. The molecular weight excluding hydrogens is 186 g/mol. The molecule has 0 N–H and O–H groups in total. The van der Waals surface area contributed by atoms with Crippen molar-refractivity contribution in [1.82, 2.24) is 4.90 Å². The van der Waals surface area contributed by atoms with Gasteiger partial charge in [-0.1, -0.05) is 44.2 Å². The second-order valence-electron chi connectivity index (χ2n) is 3.44. The molecule has 0 spiro atoms. The van der Waals surface area contributed by atoms with E-state index < -0.39 is 0 Å². The van der Waals surface area contributed by atoms with Crippen molar-refractivity contribution in [3.8, 4) is 0 Å². The second-order valence-corrected chi connectivity index (χ2v) is 3.44. The van der Waals surface area contributed by atoms with Crippen LogP contribution in [-0.4, -0.2) is 24.6 Å². The smallest absolute Gasteiger partial charge is 0.136 e. The lowest BCUT2D eigenvalue weighted by molar-refractivity contribution is -0.0530. The molecule has 0 heterocycles. The van der Waals surface area contributed by atoms with E-state index in [9.17, 15) is 0 Å². The van der Waals surface area contributed by atoms with Crippen LogP contribution in [0, 0.1) is 0 Å². The van der Waals surface area contributed by atoms with Crippen LogP contribution in [0.4, 0.5) is 0 Å². The number of rotatable bonds is 6. The molecule has 0 aliphatic rings. The standard InChI is InChI=1S/C13H21NO/c1-4-14(5-2)13(15-6-3)12-10-8-7-9-11-12/h7-11,13H,4-6H2,1-3H3. The maximum absolute atomic E-state index is 5.80. The van der Waals surface area contributed by atoms with E-state index in [-0.39, 0.29) is 6.23 Å². The van der Waals surface area contributed by atoms with Crippen molar-refractivity contribution < 1.29 is 4.74 Å². The minimum Gasteiger partial charge on any atom is -0.359 e. The molecule has 0 fully saturated rings. The van der Waals surface area contributed by atoms with Crippen molar-refractivity contribution in [2.24, 2.45) is 0 Å². The van der Waals surface area contributed by atoms with Gasteiger partial charge in [-0.25, -0.2) is 0 Å². The third-order valence-electron chi connectivity index (χ3n) is 2.55. The monoisotopic (exact) mass is 207 g/mol. The molecule has 1 aromatic rings. The summed E-state index contributed by atoms with van der Waals surface area (Å²) in [6, 6.07) is 10.4. The van der Waals surface area contributed by atoms with Crippen LogP contribution in [-0.2, 0) is 4.74 Å². The topological polar surface area (TPSA) is 12.5 Å². The van der Waals surface area contributed by atoms with Gasteiger partial charge in [0, 0.05) is 6.61 Å². The van der Waals surface area contributed by atoms with Gasteiger partial charge in [0.15, 0.2) is 0 Å². The first kappa shape index (κ1) is 12.2.